The number of aromatic nitrogens is 2. The van der Waals surface area contributed by atoms with Gasteiger partial charge >= 0.3 is 0 Å². The van der Waals surface area contributed by atoms with Crippen LogP contribution < -0.4 is 14.8 Å². The molecule has 1 aromatic heterocycles. The molecule has 0 spiro atoms. The van der Waals surface area contributed by atoms with Gasteiger partial charge in [0.05, 0.1) is 20.3 Å². The van der Waals surface area contributed by atoms with E-state index in [-0.39, 0.29) is 5.41 Å². The zero-order valence-electron chi connectivity index (χ0n) is 12.1. The summed E-state index contributed by atoms with van der Waals surface area (Å²) in [6.07, 6.45) is 6.12. The summed E-state index contributed by atoms with van der Waals surface area (Å²) in [4.78, 5) is 8.56. The number of anilines is 1. The van der Waals surface area contributed by atoms with Crippen LogP contribution >= 0.6 is 11.6 Å². The standard InChI is InChI=1S/C14H22ClN3O2/c1-19-11-8-12(20-2)18-13(17-11)16-10-14(9-15)6-4-3-5-7-14/h8H,3-7,9-10H2,1-2H3,(H,16,17,18). The second-order valence-corrected chi connectivity index (χ2v) is 5.59. The number of alkyl halides is 1. The minimum atomic E-state index is 0.152. The lowest BCUT2D eigenvalue weighted by atomic mass is 9.75. The molecule has 0 bridgehead atoms. The molecular formula is C14H22ClN3O2. The summed E-state index contributed by atoms with van der Waals surface area (Å²) in [5.41, 5.74) is 0.152. The van der Waals surface area contributed by atoms with Gasteiger partial charge in [-0.2, -0.15) is 9.97 Å². The van der Waals surface area contributed by atoms with Crippen LogP contribution in [0.3, 0.4) is 0 Å². The molecule has 6 heteroatoms. The van der Waals surface area contributed by atoms with E-state index in [2.05, 4.69) is 15.3 Å². The highest BCUT2D eigenvalue weighted by Gasteiger charge is 2.31. The van der Waals surface area contributed by atoms with Gasteiger partial charge in [-0.05, 0) is 12.8 Å². The van der Waals surface area contributed by atoms with Crippen LogP contribution in [0.1, 0.15) is 32.1 Å². The SMILES string of the molecule is COc1cc(OC)nc(NCC2(CCl)CCCCC2)n1. The monoisotopic (exact) mass is 299 g/mol. The summed E-state index contributed by atoms with van der Waals surface area (Å²) in [6.45, 7) is 0.785. The molecule has 112 valence electrons. The molecule has 0 amide bonds. The maximum absolute atomic E-state index is 6.19. The Labute approximate surface area is 125 Å². The minimum absolute atomic E-state index is 0.152. The summed E-state index contributed by atoms with van der Waals surface area (Å²) in [5.74, 6) is 2.17. The van der Waals surface area contributed by atoms with Crippen molar-refractivity contribution < 1.29 is 9.47 Å². The highest BCUT2D eigenvalue weighted by Crippen LogP contribution is 2.37. The third kappa shape index (κ3) is 3.66. The topological polar surface area (TPSA) is 56.3 Å². The fourth-order valence-electron chi connectivity index (χ4n) is 2.62. The van der Waals surface area contributed by atoms with Gasteiger partial charge in [0.1, 0.15) is 0 Å². The Morgan fingerprint density at radius 3 is 2.25 bits per heavy atom. The van der Waals surface area contributed by atoms with Gasteiger partial charge in [0.15, 0.2) is 0 Å². The Morgan fingerprint density at radius 2 is 1.75 bits per heavy atom. The second kappa shape index (κ2) is 6.97. The lowest BCUT2D eigenvalue weighted by Crippen LogP contribution is -2.34. The predicted molar refractivity (Wildman–Crippen MR) is 79.9 cm³/mol. The number of nitrogens with zero attached hydrogens (tertiary/aromatic N) is 2. The molecule has 0 aromatic carbocycles. The summed E-state index contributed by atoms with van der Waals surface area (Å²) in [5, 5.41) is 3.29. The average Bonchev–Trinajstić information content (AvgIpc) is 2.53. The van der Waals surface area contributed by atoms with E-state index in [1.165, 1.54) is 19.3 Å². The first-order valence-electron chi connectivity index (χ1n) is 6.98. The number of halogens is 1. The van der Waals surface area contributed by atoms with Crippen LogP contribution in [0.2, 0.25) is 0 Å². The number of rotatable bonds is 6. The number of hydrogen-bond donors (Lipinski definition) is 1. The third-order valence-electron chi connectivity index (χ3n) is 3.92. The van der Waals surface area contributed by atoms with E-state index in [4.69, 9.17) is 21.1 Å². The van der Waals surface area contributed by atoms with Crippen LogP contribution in [0.5, 0.6) is 11.8 Å². The Hall–Kier alpha value is -1.23. The maximum Gasteiger partial charge on any atom is 0.229 e. The van der Waals surface area contributed by atoms with Crippen molar-refractivity contribution in [3.05, 3.63) is 6.07 Å². The van der Waals surface area contributed by atoms with Crippen LogP contribution in [-0.4, -0.2) is 36.6 Å². The van der Waals surface area contributed by atoms with Crippen molar-refractivity contribution in [1.82, 2.24) is 9.97 Å². The molecule has 0 radical (unpaired) electrons. The van der Waals surface area contributed by atoms with E-state index in [1.807, 2.05) is 0 Å². The van der Waals surface area contributed by atoms with Crippen molar-refractivity contribution in [2.45, 2.75) is 32.1 Å². The number of nitrogens with one attached hydrogen (secondary N) is 1. The van der Waals surface area contributed by atoms with Gasteiger partial charge in [-0.25, -0.2) is 0 Å². The molecule has 2 rings (SSSR count). The van der Waals surface area contributed by atoms with Crippen molar-refractivity contribution in [3.63, 3.8) is 0 Å². The Bertz CT molecular complexity index is 414. The van der Waals surface area contributed by atoms with Crippen LogP contribution in [-0.2, 0) is 0 Å². The first kappa shape index (κ1) is 15.2. The molecule has 0 unspecified atom stereocenters. The lowest BCUT2D eigenvalue weighted by Gasteiger charge is -2.35. The first-order valence-corrected chi connectivity index (χ1v) is 7.52. The van der Waals surface area contributed by atoms with Crippen molar-refractivity contribution in [2.24, 2.45) is 5.41 Å². The van der Waals surface area contributed by atoms with E-state index in [0.29, 0.717) is 23.6 Å². The largest absolute Gasteiger partial charge is 0.481 e. The number of methoxy groups -OCH3 is 2. The predicted octanol–water partition coefficient (Wildman–Crippen LogP) is 3.10. The molecule has 1 fully saturated rings. The summed E-state index contributed by atoms with van der Waals surface area (Å²) in [6, 6.07) is 1.66. The Morgan fingerprint density at radius 1 is 1.15 bits per heavy atom. The van der Waals surface area contributed by atoms with E-state index >= 15 is 0 Å². The second-order valence-electron chi connectivity index (χ2n) is 5.32. The van der Waals surface area contributed by atoms with E-state index in [0.717, 1.165) is 19.4 Å². The van der Waals surface area contributed by atoms with Crippen LogP contribution in [0.15, 0.2) is 6.07 Å². The summed E-state index contributed by atoms with van der Waals surface area (Å²) < 4.78 is 10.3. The van der Waals surface area contributed by atoms with Crippen LogP contribution in [0.4, 0.5) is 5.95 Å². The molecule has 20 heavy (non-hydrogen) atoms. The fourth-order valence-corrected chi connectivity index (χ4v) is 2.98. The van der Waals surface area contributed by atoms with Gasteiger partial charge in [-0.3, -0.25) is 0 Å². The quantitative estimate of drug-likeness (QED) is 0.818. The van der Waals surface area contributed by atoms with Crippen molar-refractivity contribution in [1.29, 1.82) is 0 Å². The number of ether oxygens (including phenoxy) is 2. The first-order chi connectivity index (χ1) is 9.71. The molecule has 1 N–H and O–H groups in total. The summed E-state index contributed by atoms with van der Waals surface area (Å²) >= 11 is 6.19. The number of hydrogen-bond acceptors (Lipinski definition) is 5. The van der Waals surface area contributed by atoms with Crippen molar-refractivity contribution >= 4 is 17.5 Å². The molecule has 1 aliphatic rings. The van der Waals surface area contributed by atoms with Gasteiger partial charge < -0.3 is 14.8 Å². The average molecular weight is 300 g/mol. The smallest absolute Gasteiger partial charge is 0.229 e. The zero-order valence-corrected chi connectivity index (χ0v) is 12.9. The zero-order chi connectivity index (χ0) is 14.4. The molecule has 1 aromatic rings. The van der Waals surface area contributed by atoms with E-state index in [1.54, 1.807) is 20.3 Å². The highest BCUT2D eigenvalue weighted by atomic mass is 35.5. The Balaban J connectivity index is 2.05. The molecule has 0 saturated heterocycles. The van der Waals surface area contributed by atoms with Crippen LogP contribution in [0, 0.1) is 5.41 Å². The van der Waals surface area contributed by atoms with Gasteiger partial charge in [0, 0.05) is 17.8 Å². The molecule has 1 aliphatic carbocycles. The summed E-state index contributed by atoms with van der Waals surface area (Å²) in [7, 11) is 3.15. The molecule has 1 saturated carbocycles. The Kier molecular flexibility index (Phi) is 5.29. The van der Waals surface area contributed by atoms with Crippen LogP contribution in [0.25, 0.3) is 0 Å². The molecule has 5 nitrogen and oxygen atoms in total. The molecular weight excluding hydrogens is 278 g/mol. The molecule has 0 atom stereocenters. The van der Waals surface area contributed by atoms with Gasteiger partial charge in [-0.15, -0.1) is 11.6 Å². The van der Waals surface area contributed by atoms with E-state index in [9.17, 15) is 0 Å². The van der Waals surface area contributed by atoms with Gasteiger partial charge in [-0.1, -0.05) is 19.3 Å². The minimum Gasteiger partial charge on any atom is -0.481 e. The van der Waals surface area contributed by atoms with Crippen molar-refractivity contribution in [3.8, 4) is 11.8 Å². The third-order valence-corrected chi connectivity index (χ3v) is 4.48. The lowest BCUT2D eigenvalue weighted by molar-refractivity contribution is 0.237. The van der Waals surface area contributed by atoms with Gasteiger partial charge in [0.2, 0.25) is 17.7 Å². The molecule has 1 heterocycles. The molecule has 0 aliphatic heterocycles. The van der Waals surface area contributed by atoms with E-state index < -0.39 is 0 Å². The van der Waals surface area contributed by atoms with Gasteiger partial charge in [0.25, 0.3) is 0 Å². The normalized spacial score (nSPS) is 17.6. The fraction of sp³-hybridized carbons (Fsp3) is 0.714. The maximum atomic E-state index is 6.19. The highest BCUT2D eigenvalue weighted by molar-refractivity contribution is 6.18. The van der Waals surface area contributed by atoms with Crippen molar-refractivity contribution in [2.75, 3.05) is 32.0 Å².